The summed E-state index contributed by atoms with van der Waals surface area (Å²) in [5, 5.41) is 0. The summed E-state index contributed by atoms with van der Waals surface area (Å²) < 4.78 is 3.73. The Bertz CT molecular complexity index is 333. The third kappa shape index (κ3) is 7.52. The molecule has 21 heavy (non-hydrogen) atoms. The molecule has 0 aliphatic heterocycles. The van der Waals surface area contributed by atoms with Gasteiger partial charge >= 0.3 is 146 Å². The van der Waals surface area contributed by atoms with Gasteiger partial charge in [0.05, 0.1) is 0 Å². The minimum atomic E-state index is 0.163. The standard InChI is InChI=1S/C20H39.W/c1-16(2,3)13-20(19(10,11)12,14-17(4,5)6)15-18(7,8)9;/h13-15H2,1-11H3;. The monoisotopic (exact) mass is 463 g/mol. The molecule has 0 spiro atoms. The summed E-state index contributed by atoms with van der Waals surface area (Å²) in [6.07, 6.45) is 3.80. The quantitative estimate of drug-likeness (QED) is 0.430. The van der Waals surface area contributed by atoms with Crippen LogP contribution in [0, 0.1) is 31.3 Å². The van der Waals surface area contributed by atoms with E-state index >= 15 is 0 Å². The first-order chi connectivity index (χ1) is 8.93. The maximum atomic E-state index is 3.73. The summed E-state index contributed by atoms with van der Waals surface area (Å²) in [5.41, 5.74) is 1.51. The fourth-order valence-electron chi connectivity index (χ4n) is 4.00. The molecule has 0 N–H and O–H groups in total. The SMILES string of the molecule is CC(C)(C)CC(CC(C)(C)C)(CC(C)(C)C)C(C)(C)[C]#[W]. The molecule has 0 atom stereocenters. The molecule has 0 saturated carbocycles. The molecule has 0 unspecified atom stereocenters. The second-order valence-electron chi connectivity index (χ2n) is 11.2. The van der Waals surface area contributed by atoms with Crippen LogP contribution in [0.5, 0.6) is 0 Å². The van der Waals surface area contributed by atoms with Crippen molar-refractivity contribution in [2.45, 2.75) is 95.4 Å². The molecule has 0 nitrogen and oxygen atoms in total. The molecule has 0 aromatic rings. The van der Waals surface area contributed by atoms with E-state index in [0.29, 0.717) is 21.7 Å². The van der Waals surface area contributed by atoms with Crippen molar-refractivity contribution < 1.29 is 19.2 Å². The predicted molar refractivity (Wildman–Crippen MR) is 92.3 cm³/mol. The zero-order valence-electron chi connectivity index (χ0n) is 16.5. The molecule has 0 radical (unpaired) electrons. The molecule has 0 aromatic heterocycles. The van der Waals surface area contributed by atoms with Gasteiger partial charge < -0.3 is 0 Å². The molecule has 0 bridgehead atoms. The molecule has 125 valence electrons. The van der Waals surface area contributed by atoms with Crippen LogP contribution in [0.3, 0.4) is 0 Å². The Hall–Kier alpha value is 0.468. The first-order valence-corrected chi connectivity index (χ1v) is 9.79. The Balaban J connectivity index is 6.03. The molecule has 0 aliphatic carbocycles. The molecule has 0 aliphatic rings. The van der Waals surface area contributed by atoms with E-state index in [9.17, 15) is 0 Å². The van der Waals surface area contributed by atoms with Gasteiger partial charge in [0, 0.05) is 0 Å². The number of hydrogen-bond acceptors (Lipinski definition) is 0. The second-order valence-corrected chi connectivity index (χ2v) is 12.0. The summed E-state index contributed by atoms with van der Waals surface area (Å²) >= 11 is 1.48. The van der Waals surface area contributed by atoms with Crippen LogP contribution in [-0.2, 0) is 19.2 Å². The van der Waals surface area contributed by atoms with Gasteiger partial charge in [0.15, 0.2) is 0 Å². The van der Waals surface area contributed by atoms with Crippen molar-refractivity contribution >= 4 is 0 Å². The van der Waals surface area contributed by atoms with Crippen LogP contribution in [0.2, 0.25) is 0 Å². The van der Waals surface area contributed by atoms with Crippen LogP contribution in [0.15, 0.2) is 0 Å². The van der Waals surface area contributed by atoms with Gasteiger partial charge in [-0.05, 0) is 0 Å². The van der Waals surface area contributed by atoms with Gasteiger partial charge in [-0.25, -0.2) is 0 Å². The van der Waals surface area contributed by atoms with Crippen molar-refractivity contribution in [2.24, 2.45) is 27.1 Å². The van der Waals surface area contributed by atoms with Gasteiger partial charge in [-0.1, -0.05) is 0 Å². The topological polar surface area (TPSA) is 0 Å². The van der Waals surface area contributed by atoms with Crippen LogP contribution in [0.1, 0.15) is 95.4 Å². The molecular weight excluding hydrogens is 424 g/mol. The summed E-state index contributed by atoms with van der Waals surface area (Å²) in [6, 6.07) is 0. The van der Waals surface area contributed by atoms with Crippen molar-refractivity contribution in [1.29, 1.82) is 0 Å². The van der Waals surface area contributed by atoms with Crippen LogP contribution in [0.4, 0.5) is 0 Å². The Morgan fingerprint density at radius 2 is 0.810 bits per heavy atom. The minimum absolute atomic E-state index is 0.163. The maximum absolute atomic E-state index is 3.73. The Morgan fingerprint density at radius 3 is 0.952 bits per heavy atom. The molecule has 0 fully saturated rings. The number of rotatable bonds is 4. The van der Waals surface area contributed by atoms with Crippen LogP contribution >= 0.6 is 0 Å². The molecule has 0 amide bonds. The van der Waals surface area contributed by atoms with E-state index in [1.54, 1.807) is 0 Å². The van der Waals surface area contributed by atoms with Crippen LogP contribution in [-0.4, -0.2) is 0 Å². The van der Waals surface area contributed by atoms with Gasteiger partial charge in [-0.15, -0.1) is 0 Å². The third-order valence-electron chi connectivity index (χ3n) is 4.19. The van der Waals surface area contributed by atoms with Gasteiger partial charge in [-0.3, -0.25) is 0 Å². The van der Waals surface area contributed by atoms with Crippen LogP contribution in [0.25, 0.3) is 0 Å². The van der Waals surface area contributed by atoms with E-state index in [1.807, 2.05) is 0 Å². The zero-order valence-corrected chi connectivity index (χ0v) is 19.5. The molecule has 1 heteroatoms. The first kappa shape index (κ1) is 21.5. The summed E-state index contributed by atoms with van der Waals surface area (Å²) in [5.74, 6) is 0. The molecule has 0 heterocycles. The van der Waals surface area contributed by atoms with E-state index in [-0.39, 0.29) is 5.41 Å². The van der Waals surface area contributed by atoms with E-state index < -0.39 is 0 Å². The Labute approximate surface area is 145 Å². The average molecular weight is 463 g/mol. The predicted octanol–water partition coefficient (Wildman–Crippen LogP) is 6.81. The molecule has 0 rings (SSSR count). The average Bonchev–Trinajstić information content (AvgIpc) is 2.08. The Kier molecular flexibility index (Phi) is 6.68. The van der Waals surface area contributed by atoms with Crippen molar-refractivity contribution in [3.63, 3.8) is 0 Å². The van der Waals surface area contributed by atoms with Crippen molar-refractivity contribution in [3.8, 4) is 4.20 Å². The molecule has 0 aromatic carbocycles. The van der Waals surface area contributed by atoms with E-state index in [2.05, 4.69) is 80.4 Å². The van der Waals surface area contributed by atoms with E-state index in [4.69, 9.17) is 0 Å². The summed E-state index contributed by atoms with van der Waals surface area (Å²) in [6.45, 7) is 26.4. The Morgan fingerprint density at radius 1 is 0.571 bits per heavy atom. The van der Waals surface area contributed by atoms with Crippen molar-refractivity contribution in [3.05, 3.63) is 0 Å². The van der Waals surface area contributed by atoms with E-state index in [0.717, 1.165) is 0 Å². The fraction of sp³-hybridized carbons (Fsp3) is 0.950. The summed E-state index contributed by atoms with van der Waals surface area (Å²) in [7, 11) is 0. The van der Waals surface area contributed by atoms with Crippen molar-refractivity contribution in [1.82, 2.24) is 0 Å². The zero-order chi connectivity index (χ0) is 17.3. The van der Waals surface area contributed by atoms with Gasteiger partial charge in [-0.2, -0.15) is 0 Å². The first-order valence-electron chi connectivity index (χ1n) is 8.33. The van der Waals surface area contributed by atoms with Gasteiger partial charge in [0.1, 0.15) is 0 Å². The van der Waals surface area contributed by atoms with Crippen LogP contribution < -0.4 is 0 Å². The van der Waals surface area contributed by atoms with Gasteiger partial charge in [0.25, 0.3) is 0 Å². The van der Waals surface area contributed by atoms with Gasteiger partial charge in [0.2, 0.25) is 0 Å². The van der Waals surface area contributed by atoms with E-state index in [1.165, 1.54) is 38.4 Å². The normalized spacial score (nSPS) is 15.0. The third-order valence-corrected chi connectivity index (χ3v) is 6.02. The fourth-order valence-corrected chi connectivity index (χ4v) is 4.78. The molecule has 0 saturated heterocycles. The number of hydrogen-bond donors (Lipinski definition) is 0. The summed E-state index contributed by atoms with van der Waals surface area (Å²) in [4.78, 5) is 0. The second kappa shape index (κ2) is 6.53. The molecular formula is C20H39W. The van der Waals surface area contributed by atoms with Crippen molar-refractivity contribution in [2.75, 3.05) is 0 Å².